The molecule has 0 saturated carbocycles. The predicted molar refractivity (Wildman–Crippen MR) is 85.3 cm³/mol. The van der Waals surface area contributed by atoms with Gasteiger partial charge in [-0.1, -0.05) is 75.7 Å². The summed E-state index contributed by atoms with van der Waals surface area (Å²) in [5.41, 5.74) is 3.72. The van der Waals surface area contributed by atoms with E-state index in [1.54, 1.807) is 0 Å². The van der Waals surface area contributed by atoms with Gasteiger partial charge in [0.25, 0.3) is 0 Å². The second-order valence-electron chi connectivity index (χ2n) is 6.51. The first-order valence-electron chi connectivity index (χ1n) is 8.77. The van der Waals surface area contributed by atoms with E-state index in [1.165, 1.54) is 70.6 Å². The third kappa shape index (κ3) is 3.97. The zero-order chi connectivity index (χ0) is 13.5. The average Bonchev–Trinajstić information content (AvgIpc) is 3.01. The zero-order valence-electron chi connectivity index (χ0n) is 13.1. The molecule has 0 heterocycles. The molecule has 108 valence electrons. The molecule has 2 atom stereocenters. The fourth-order valence-electron chi connectivity index (χ4n) is 3.87. The van der Waals surface area contributed by atoms with E-state index >= 15 is 0 Å². The molecule has 0 N–H and O–H groups in total. The van der Waals surface area contributed by atoms with Crippen LogP contribution < -0.4 is 0 Å². The molecule has 0 spiro atoms. The molecular weight excluding hydrogens is 228 g/mol. The first-order chi connectivity index (χ1) is 9.36. The monoisotopic (exact) mass is 260 g/mol. The van der Waals surface area contributed by atoms with E-state index in [4.69, 9.17) is 0 Å². The van der Waals surface area contributed by atoms with Crippen LogP contribution in [0.4, 0.5) is 0 Å². The van der Waals surface area contributed by atoms with Gasteiger partial charge in [-0.3, -0.25) is 0 Å². The van der Waals surface area contributed by atoms with Gasteiger partial charge in [0.2, 0.25) is 0 Å². The number of allylic oxidation sites excluding steroid dienone is 4. The Labute approximate surface area is 120 Å². The highest BCUT2D eigenvalue weighted by Crippen LogP contribution is 2.47. The molecule has 2 aliphatic carbocycles. The molecule has 0 saturated heterocycles. The van der Waals surface area contributed by atoms with Gasteiger partial charge in [-0.25, -0.2) is 0 Å². The third-order valence-electron chi connectivity index (χ3n) is 4.99. The van der Waals surface area contributed by atoms with Crippen molar-refractivity contribution in [3.05, 3.63) is 23.3 Å². The van der Waals surface area contributed by atoms with Gasteiger partial charge in [0.15, 0.2) is 0 Å². The number of rotatable bonds is 10. The number of hydrogen-bond acceptors (Lipinski definition) is 0. The van der Waals surface area contributed by atoms with Crippen LogP contribution in [0.15, 0.2) is 23.3 Å². The van der Waals surface area contributed by atoms with E-state index < -0.39 is 0 Å². The Bertz CT molecular complexity index is 291. The minimum absolute atomic E-state index is 0.841. The van der Waals surface area contributed by atoms with Gasteiger partial charge in [0.05, 0.1) is 0 Å². The summed E-state index contributed by atoms with van der Waals surface area (Å²) in [6, 6.07) is 0. The SMILES string of the molecule is CCCCCCC1=C(CCCCCC)C2C=CC1C2. The molecule has 2 rings (SSSR count). The van der Waals surface area contributed by atoms with E-state index in [1.807, 2.05) is 11.1 Å². The summed E-state index contributed by atoms with van der Waals surface area (Å²) < 4.78 is 0. The Morgan fingerprint density at radius 3 is 1.63 bits per heavy atom. The van der Waals surface area contributed by atoms with Crippen LogP contribution in [0.1, 0.15) is 84.5 Å². The van der Waals surface area contributed by atoms with Crippen LogP contribution in [-0.4, -0.2) is 0 Å². The van der Waals surface area contributed by atoms with Crippen molar-refractivity contribution in [2.24, 2.45) is 11.8 Å². The lowest BCUT2D eigenvalue weighted by molar-refractivity contribution is 0.630. The Hall–Kier alpha value is -0.520. The Morgan fingerprint density at radius 1 is 0.737 bits per heavy atom. The third-order valence-corrected chi connectivity index (χ3v) is 4.99. The van der Waals surface area contributed by atoms with Gasteiger partial charge in [0, 0.05) is 0 Å². The second kappa shape index (κ2) is 7.92. The molecule has 19 heavy (non-hydrogen) atoms. The fourth-order valence-corrected chi connectivity index (χ4v) is 3.87. The molecule has 0 aromatic carbocycles. The van der Waals surface area contributed by atoms with Gasteiger partial charge in [-0.2, -0.15) is 0 Å². The normalized spacial score (nSPS) is 24.7. The van der Waals surface area contributed by atoms with E-state index in [9.17, 15) is 0 Å². The summed E-state index contributed by atoms with van der Waals surface area (Å²) in [7, 11) is 0. The largest absolute Gasteiger partial charge is 0.0807 e. The van der Waals surface area contributed by atoms with Gasteiger partial charge in [-0.05, 0) is 43.9 Å². The average molecular weight is 260 g/mol. The summed E-state index contributed by atoms with van der Waals surface area (Å²) in [5.74, 6) is 1.68. The quantitative estimate of drug-likeness (QED) is 0.313. The van der Waals surface area contributed by atoms with Crippen molar-refractivity contribution in [2.75, 3.05) is 0 Å². The van der Waals surface area contributed by atoms with E-state index in [0.717, 1.165) is 11.8 Å². The van der Waals surface area contributed by atoms with Crippen LogP contribution in [0.25, 0.3) is 0 Å². The maximum atomic E-state index is 2.50. The van der Waals surface area contributed by atoms with Gasteiger partial charge < -0.3 is 0 Å². The summed E-state index contributed by atoms with van der Waals surface area (Å²) in [6.45, 7) is 4.61. The lowest BCUT2D eigenvalue weighted by Gasteiger charge is -2.16. The van der Waals surface area contributed by atoms with Crippen molar-refractivity contribution >= 4 is 0 Å². The van der Waals surface area contributed by atoms with E-state index in [-0.39, 0.29) is 0 Å². The van der Waals surface area contributed by atoms with Crippen LogP contribution in [0, 0.1) is 11.8 Å². The standard InChI is InChI=1S/C19H32/c1-3-5-7-9-11-18-16-13-14-17(15-16)19(18)12-10-8-6-4-2/h13-14,16-17H,3-12,15H2,1-2H3. The Kier molecular flexibility index (Phi) is 6.20. The van der Waals surface area contributed by atoms with Crippen LogP contribution in [0.2, 0.25) is 0 Å². The highest BCUT2D eigenvalue weighted by atomic mass is 14.4. The number of hydrogen-bond donors (Lipinski definition) is 0. The minimum atomic E-state index is 0.841. The number of unbranched alkanes of at least 4 members (excludes halogenated alkanes) is 6. The van der Waals surface area contributed by atoms with Crippen molar-refractivity contribution in [3.63, 3.8) is 0 Å². The molecule has 0 amide bonds. The van der Waals surface area contributed by atoms with Crippen LogP contribution in [0.5, 0.6) is 0 Å². The van der Waals surface area contributed by atoms with Crippen molar-refractivity contribution in [1.82, 2.24) is 0 Å². The van der Waals surface area contributed by atoms with Crippen molar-refractivity contribution in [3.8, 4) is 0 Å². The molecule has 2 bridgehead atoms. The molecule has 0 aromatic rings. The molecule has 2 aliphatic rings. The Morgan fingerprint density at radius 2 is 1.21 bits per heavy atom. The maximum absolute atomic E-state index is 2.50. The smallest absolute Gasteiger partial charge is 0.00115 e. The summed E-state index contributed by atoms with van der Waals surface area (Å²) >= 11 is 0. The van der Waals surface area contributed by atoms with Crippen molar-refractivity contribution < 1.29 is 0 Å². The maximum Gasteiger partial charge on any atom is -0.00115 e. The first kappa shape index (κ1) is 14.9. The molecule has 2 unspecified atom stereocenters. The van der Waals surface area contributed by atoms with Crippen molar-refractivity contribution in [2.45, 2.75) is 84.5 Å². The topological polar surface area (TPSA) is 0 Å². The first-order valence-corrected chi connectivity index (χ1v) is 8.77. The zero-order valence-corrected chi connectivity index (χ0v) is 13.1. The molecule has 0 aromatic heterocycles. The predicted octanol–water partition coefficient (Wildman–Crippen LogP) is 6.43. The van der Waals surface area contributed by atoms with Gasteiger partial charge in [-0.15, -0.1) is 0 Å². The van der Waals surface area contributed by atoms with Gasteiger partial charge >= 0.3 is 0 Å². The molecule has 0 nitrogen and oxygen atoms in total. The number of fused-ring (bicyclic) bond motifs is 2. The van der Waals surface area contributed by atoms with Crippen LogP contribution >= 0.6 is 0 Å². The highest BCUT2D eigenvalue weighted by Gasteiger charge is 2.33. The molecule has 0 aliphatic heterocycles. The second-order valence-corrected chi connectivity index (χ2v) is 6.51. The minimum Gasteiger partial charge on any atom is -0.0807 e. The highest BCUT2D eigenvalue weighted by molar-refractivity contribution is 5.37. The van der Waals surface area contributed by atoms with Crippen LogP contribution in [0.3, 0.4) is 0 Å². The van der Waals surface area contributed by atoms with Gasteiger partial charge in [0.1, 0.15) is 0 Å². The molecule has 0 fully saturated rings. The lowest BCUT2D eigenvalue weighted by Crippen LogP contribution is -2.00. The Balaban J connectivity index is 1.81. The van der Waals surface area contributed by atoms with E-state index in [0.29, 0.717) is 0 Å². The van der Waals surface area contributed by atoms with E-state index in [2.05, 4.69) is 26.0 Å². The molecular formula is C19H32. The molecule has 0 radical (unpaired) electrons. The fraction of sp³-hybridized carbons (Fsp3) is 0.789. The summed E-state index contributed by atoms with van der Waals surface area (Å²) in [5, 5.41) is 0. The van der Waals surface area contributed by atoms with Crippen LogP contribution in [-0.2, 0) is 0 Å². The van der Waals surface area contributed by atoms with Crippen molar-refractivity contribution in [1.29, 1.82) is 0 Å². The lowest BCUT2D eigenvalue weighted by atomic mass is 9.89. The summed E-state index contributed by atoms with van der Waals surface area (Å²) in [6.07, 6.45) is 20.5. The molecule has 0 heteroatoms. The summed E-state index contributed by atoms with van der Waals surface area (Å²) in [4.78, 5) is 0.